The van der Waals surface area contributed by atoms with Crippen LogP contribution < -0.4 is 5.73 Å². The van der Waals surface area contributed by atoms with Gasteiger partial charge in [-0.05, 0) is 24.3 Å². The van der Waals surface area contributed by atoms with Gasteiger partial charge in [0, 0.05) is 15.7 Å². The Bertz CT molecular complexity index is 454. The number of benzene rings is 1. The van der Waals surface area contributed by atoms with E-state index in [1.54, 1.807) is 24.3 Å². The van der Waals surface area contributed by atoms with Crippen LogP contribution in [0.5, 0.6) is 0 Å². The Labute approximate surface area is 95.6 Å². The molecule has 0 saturated carbocycles. The van der Waals surface area contributed by atoms with E-state index in [-0.39, 0.29) is 0 Å². The topological polar surface area (TPSA) is 59.4 Å². The molecule has 3 N–H and O–H groups in total. The second kappa shape index (κ2) is 4.08. The lowest BCUT2D eigenvalue weighted by Crippen LogP contribution is -2.02. The maximum atomic E-state index is 9.96. The SMILES string of the molecule is Nc1cc(Br)ccc1C(O)c1ccco1. The summed E-state index contributed by atoms with van der Waals surface area (Å²) < 4.78 is 6.00. The van der Waals surface area contributed by atoms with Crippen LogP contribution in [-0.2, 0) is 0 Å². The van der Waals surface area contributed by atoms with Gasteiger partial charge in [-0.1, -0.05) is 22.0 Å². The predicted octanol–water partition coefficient (Wildman–Crippen LogP) is 2.71. The lowest BCUT2D eigenvalue weighted by molar-refractivity contribution is 0.190. The predicted molar refractivity (Wildman–Crippen MR) is 61.3 cm³/mol. The number of aliphatic hydroxyl groups is 1. The van der Waals surface area contributed by atoms with Crippen LogP contribution in [-0.4, -0.2) is 5.11 Å². The molecule has 0 saturated heterocycles. The normalized spacial score (nSPS) is 12.7. The Hall–Kier alpha value is -1.26. The van der Waals surface area contributed by atoms with Crippen LogP contribution in [0, 0.1) is 0 Å². The second-order valence-electron chi connectivity index (χ2n) is 3.19. The largest absolute Gasteiger partial charge is 0.466 e. The standard InChI is InChI=1S/C11H10BrNO2/c12-7-3-4-8(9(13)6-7)11(14)10-2-1-5-15-10/h1-6,11,14H,13H2. The van der Waals surface area contributed by atoms with Crippen molar-refractivity contribution in [1.29, 1.82) is 0 Å². The van der Waals surface area contributed by atoms with Gasteiger partial charge >= 0.3 is 0 Å². The third kappa shape index (κ3) is 2.06. The molecule has 1 aromatic carbocycles. The number of rotatable bonds is 2. The molecule has 0 aliphatic heterocycles. The molecular formula is C11H10BrNO2. The number of hydrogen-bond acceptors (Lipinski definition) is 3. The summed E-state index contributed by atoms with van der Waals surface area (Å²) in [5, 5.41) is 9.96. The highest BCUT2D eigenvalue weighted by Gasteiger charge is 2.15. The van der Waals surface area contributed by atoms with Gasteiger partial charge in [-0.3, -0.25) is 0 Å². The van der Waals surface area contributed by atoms with E-state index in [1.165, 1.54) is 6.26 Å². The highest BCUT2D eigenvalue weighted by atomic mass is 79.9. The fourth-order valence-corrected chi connectivity index (χ4v) is 1.77. The number of aliphatic hydroxyl groups excluding tert-OH is 1. The summed E-state index contributed by atoms with van der Waals surface area (Å²) in [6, 6.07) is 8.80. The third-order valence-electron chi connectivity index (χ3n) is 2.16. The Morgan fingerprint density at radius 3 is 2.73 bits per heavy atom. The number of nitrogens with two attached hydrogens (primary N) is 1. The van der Waals surface area contributed by atoms with Crippen molar-refractivity contribution in [2.24, 2.45) is 0 Å². The second-order valence-corrected chi connectivity index (χ2v) is 4.11. The minimum atomic E-state index is -0.812. The molecule has 0 aliphatic rings. The quantitative estimate of drug-likeness (QED) is 0.823. The monoisotopic (exact) mass is 267 g/mol. The molecule has 2 aromatic rings. The summed E-state index contributed by atoms with van der Waals surface area (Å²) in [6.45, 7) is 0. The molecule has 2 rings (SSSR count). The van der Waals surface area contributed by atoms with E-state index >= 15 is 0 Å². The Morgan fingerprint density at radius 1 is 1.33 bits per heavy atom. The first-order chi connectivity index (χ1) is 7.18. The molecular weight excluding hydrogens is 258 g/mol. The van der Waals surface area contributed by atoms with Crippen LogP contribution >= 0.6 is 15.9 Å². The van der Waals surface area contributed by atoms with Gasteiger partial charge in [-0.25, -0.2) is 0 Å². The van der Waals surface area contributed by atoms with E-state index < -0.39 is 6.10 Å². The molecule has 78 valence electrons. The van der Waals surface area contributed by atoms with Crippen LogP contribution in [0.25, 0.3) is 0 Å². The summed E-state index contributed by atoms with van der Waals surface area (Å²) in [5.41, 5.74) is 6.98. The summed E-state index contributed by atoms with van der Waals surface area (Å²) in [5.74, 6) is 0.490. The fourth-order valence-electron chi connectivity index (χ4n) is 1.39. The number of halogens is 1. The van der Waals surface area contributed by atoms with Crippen molar-refractivity contribution in [2.75, 3.05) is 5.73 Å². The molecule has 1 heterocycles. The van der Waals surface area contributed by atoms with Gasteiger partial charge < -0.3 is 15.3 Å². The molecule has 0 bridgehead atoms. The van der Waals surface area contributed by atoms with E-state index in [2.05, 4.69) is 15.9 Å². The lowest BCUT2D eigenvalue weighted by Gasteiger charge is -2.11. The summed E-state index contributed by atoms with van der Waals surface area (Å²) >= 11 is 3.31. The maximum absolute atomic E-state index is 9.96. The van der Waals surface area contributed by atoms with E-state index in [0.29, 0.717) is 17.0 Å². The zero-order valence-corrected chi connectivity index (χ0v) is 9.44. The van der Waals surface area contributed by atoms with E-state index in [1.807, 2.05) is 6.07 Å². The molecule has 15 heavy (non-hydrogen) atoms. The van der Waals surface area contributed by atoms with Crippen LogP contribution in [0.3, 0.4) is 0 Å². The Kier molecular flexibility index (Phi) is 2.79. The first-order valence-corrected chi connectivity index (χ1v) is 5.24. The fraction of sp³-hybridized carbons (Fsp3) is 0.0909. The number of hydrogen-bond donors (Lipinski definition) is 2. The molecule has 1 unspecified atom stereocenters. The first kappa shape index (κ1) is 10.3. The molecule has 1 aromatic heterocycles. The summed E-state index contributed by atoms with van der Waals surface area (Å²) in [7, 11) is 0. The van der Waals surface area contributed by atoms with Crippen LogP contribution in [0.15, 0.2) is 45.5 Å². The first-order valence-electron chi connectivity index (χ1n) is 4.45. The number of anilines is 1. The molecule has 3 nitrogen and oxygen atoms in total. The molecule has 1 atom stereocenters. The molecule has 0 fully saturated rings. The Morgan fingerprint density at radius 2 is 2.13 bits per heavy atom. The third-order valence-corrected chi connectivity index (χ3v) is 2.65. The minimum absolute atomic E-state index is 0.490. The molecule has 0 spiro atoms. The van der Waals surface area contributed by atoms with Crippen molar-refractivity contribution in [3.05, 3.63) is 52.4 Å². The van der Waals surface area contributed by atoms with Crippen molar-refractivity contribution >= 4 is 21.6 Å². The van der Waals surface area contributed by atoms with Gasteiger partial charge in [-0.2, -0.15) is 0 Å². The van der Waals surface area contributed by atoms with Gasteiger partial charge in [0.1, 0.15) is 11.9 Å². The number of furan rings is 1. The molecule has 0 radical (unpaired) electrons. The summed E-state index contributed by atoms with van der Waals surface area (Å²) in [6.07, 6.45) is 0.709. The molecule has 0 amide bonds. The summed E-state index contributed by atoms with van der Waals surface area (Å²) in [4.78, 5) is 0. The zero-order valence-electron chi connectivity index (χ0n) is 7.85. The highest BCUT2D eigenvalue weighted by molar-refractivity contribution is 9.10. The van der Waals surface area contributed by atoms with Gasteiger partial charge in [0.15, 0.2) is 0 Å². The average Bonchev–Trinajstić information content (AvgIpc) is 2.69. The van der Waals surface area contributed by atoms with Crippen molar-refractivity contribution in [3.63, 3.8) is 0 Å². The van der Waals surface area contributed by atoms with Gasteiger partial charge in [0.2, 0.25) is 0 Å². The molecule has 4 heteroatoms. The maximum Gasteiger partial charge on any atom is 0.139 e. The van der Waals surface area contributed by atoms with Crippen LogP contribution in [0.1, 0.15) is 17.4 Å². The van der Waals surface area contributed by atoms with Crippen LogP contribution in [0.4, 0.5) is 5.69 Å². The van der Waals surface area contributed by atoms with Gasteiger partial charge in [-0.15, -0.1) is 0 Å². The minimum Gasteiger partial charge on any atom is -0.466 e. The van der Waals surface area contributed by atoms with Crippen molar-refractivity contribution in [3.8, 4) is 0 Å². The average molecular weight is 268 g/mol. The lowest BCUT2D eigenvalue weighted by atomic mass is 10.1. The van der Waals surface area contributed by atoms with Gasteiger partial charge in [0.25, 0.3) is 0 Å². The van der Waals surface area contributed by atoms with Crippen molar-refractivity contribution < 1.29 is 9.52 Å². The number of nitrogen functional groups attached to an aromatic ring is 1. The zero-order chi connectivity index (χ0) is 10.8. The molecule has 0 aliphatic carbocycles. The smallest absolute Gasteiger partial charge is 0.139 e. The van der Waals surface area contributed by atoms with E-state index in [9.17, 15) is 5.11 Å². The highest BCUT2D eigenvalue weighted by Crippen LogP contribution is 2.28. The Balaban J connectivity index is 2.38. The van der Waals surface area contributed by atoms with Gasteiger partial charge in [0.05, 0.1) is 6.26 Å². The van der Waals surface area contributed by atoms with E-state index in [4.69, 9.17) is 10.2 Å². The van der Waals surface area contributed by atoms with Crippen molar-refractivity contribution in [2.45, 2.75) is 6.10 Å². The van der Waals surface area contributed by atoms with Crippen LogP contribution in [0.2, 0.25) is 0 Å². The van der Waals surface area contributed by atoms with E-state index in [0.717, 1.165) is 4.47 Å². The van der Waals surface area contributed by atoms with Crippen molar-refractivity contribution in [1.82, 2.24) is 0 Å².